The molecule has 0 saturated carbocycles. The number of rotatable bonds is 9. The van der Waals surface area contributed by atoms with E-state index in [2.05, 4.69) is 23.3 Å². The molecule has 0 saturated heterocycles. The fourth-order valence-electron chi connectivity index (χ4n) is 1.16. The Bertz CT molecular complexity index is 611. The first-order chi connectivity index (χ1) is 15.3. The Hall–Kier alpha value is 4.44. The van der Waals surface area contributed by atoms with Gasteiger partial charge < -0.3 is 111 Å². The van der Waals surface area contributed by atoms with Gasteiger partial charge in [-0.3, -0.25) is 19.2 Å². The van der Waals surface area contributed by atoms with Gasteiger partial charge in [-0.2, -0.15) is 12.6 Å². The van der Waals surface area contributed by atoms with E-state index in [1.54, 1.807) is 0 Å². The second-order valence-electron chi connectivity index (χ2n) is 5.40. The minimum atomic E-state index is -5.61. The summed E-state index contributed by atoms with van der Waals surface area (Å²) in [5.74, 6) is -3.70. The molecule has 0 aromatic carbocycles. The number of nitrogens with one attached hydrogen (secondary N) is 2. The molecule has 29 heteroatoms. The first kappa shape index (κ1) is 62.3. The summed E-state index contributed by atoms with van der Waals surface area (Å²) < 4.78 is 0. The van der Waals surface area contributed by atoms with Crippen molar-refractivity contribution in [2.45, 2.75) is 24.9 Å². The van der Waals surface area contributed by atoms with Crippen molar-refractivity contribution < 1.29 is 275 Å². The van der Waals surface area contributed by atoms with Gasteiger partial charge in [0.15, 0.2) is 0 Å². The van der Waals surface area contributed by atoms with E-state index in [1.165, 1.54) is 0 Å². The summed E-state index contributed by atoms with van der Waals surface area (Å²) in [7, 11) is -16.8. The Labute approximate surface area is 383 Å². The fourth-order valence-corrected chi connectivity index (χ4v) is 1.41. The number of thiol groups is 1. The molecule has 0 aliphatic heterocycles. The molecule has 0 aliphatic rings. The zero-order chi connectivity index (χ0) is 29.2. The van der Waals surface area contributed by atoms with Crippen molar-refractivity contribution in [1.82, 2.24) is 10.6 Å². The van der Waals surface area contributed by atoms with Gasteiger partial charge in [0.05, 0.1) is 0 Å². The number of carbonyl (C=O) groups is 4. The van der Waals surface area contributed by atoms with E-state index in [-0.39, 0.29) is 206 Å². The van der Waals surface area contributed by atoms with Crippen LogP contribution in [0.3, 0.4) is 0 Å². The second-order valence-corrected chi connectivity index (χ2v) is 8.76. The van der Waals surface area contributed by atoms with Crippen molar-refractivity contribution in [1.29, 1.82) is 0 Å². The van der Waals surface area contributed by atoms with Crippen LogP contribution in [0.2, 0.25) is 0 Å². The maximum atomic E-state index is 11.5. The van der Waals surface area contributed by atoms with Gasteiger partial charge in [-0.05, 0) is 6.42 Å². The molecule has 6 N–H and O–H groups in total. The minimum Gasteiger partial charge on any atom is -0.894 e. The number of nitrogens with two attached hydrogens (primary N) is 1. The van der Waals surface area contributed by atoms with Crippen LogP contribution < -0.4 is 73.9 Å². The standard InChI is InChI=1S/C10H17N3O6S.3O4Si.4Yb/c11-5(10(18)19)1-2-7(14)13-6(4-20)9(17)12-3-8(15)16;3*1-5(2,3)4;;;;/h5-6,20H,1-4,11H2,(H,12,17)(H,13,14)(H,15,16)(H,18,19);;;;;;;/q;3*-4;4*+3. The average molecular weight is 1280 g/mol. The van der Waals surface area contributed by atoms with Crippen LogP contribution in [0.5, 0.6) is 0 Å². The van der Waals surface area contributed by atoms with Crippen LogP contribution in [0.4, 0.5) is 0 Å². The first-order valence-electron chi connectivity index (χ1n) is 8.11. The van der Waals surface area contributed by atoms with Crippen LogP contribution in [0.15, 0.2) is 0 Å². The van der Waals surface area contributed by atoms with Crippen LogP contribution in [-0.2, 0) is 19.2 Å². The third-order valence-corrected chi connectivity index (χ3v) is 2.61. The van der Waals surface area contributed by atoms with Crippen molar-refractivity contribution in [2.75, 3.05) is 12.3 Å². The molecule has 0 rings (SSSR count). The van der Waals surface area contributed by atoms with E-state index in [4.69, 9.17) is 73.5 Å². The Kier molecular flexibility index (Phi) is 54.0. The van der Waals surface area contributed by atoms with E-state index in [0.717, 1.165) is 0 Å². The van der Waals surface area contributed by atoms with Crippen molar-refractivity contribution in [3.8, 4) is 0 Å². The molecule has 254 valence electrons. The number of aliphatic carboxylic acids is 2. The Balaban J connectivity index is -0.0000000699. The molecule has 0 aromatic rings. The monoisotopic (exact) mass is 1280 g/mol. The quantitative estimate of drug-likeness (QED) is 0.0922. The van der Waals surface area contributed by atoms with E-state index in [9.17, 15) is 19.2 Å². The SMILES string of the molecule is NC(CCC(=O)NC(CS)C(=O)NCC(=O)O)C(=O)O.[O-][Si]([O-])([O-])[O-].[O-][Si]([O-])([O-])[O-].[O-][Si]([O-])([O-])[O-].[Yb+3].[Yb+3].[Yb+3].[Yb+3]. The molecule has 0 bridgehead atoms. The molecule has 39 heavy (non-hydrogen) atoms. The van der Waals surface area contributed by atoms with E-state index in [0.29, 0.717) is 0 Å². The van der Waals surface area contributed by atoms with Crippen LogP contribution >= 0.6 is 12.6 Å². The Morgan fingerprint density at radius 2 is 1.05 bits per heavy atom. The molecule has 0 heterocycles. The molecule has 2 unspecified atom stereocenters. The van der Waals surface area contributed by atoms with Gasteiger partial charge in [0, 0.05) is 12.2 Å². The molecule has 0 spiro atoms. The second kappa shape index (κ2) is 33.8. The van der Waals surface area contributed by atoms with Crippen molar-refractivity contribution in [2.24, 2.45) is 5.73 Å². The summed E-state index contributed by atoms with van der Waals surface area (Å²) >= 11 is 3.87. The molecule has 2 atom stereocenters. The first-order valence-corrected chi connectivity index (χ1v) is 13.6. The van der Waals surface area contributed by atoms with Crippen LogP contribution in [0, 0.1) is 188 Å². The summed E-state index contributed by atoms with van der Waals surface area (Å²) in [6, 6.07) is -2.15. The number of hydrogen-bond donors (Lipinski definition) is 6. The smallest absolute Gasteiger partial charge is 0.894 e. The van der Waals surface area contributed by atoms with E-state index >= 15 is 0 Å². The van der Waals surface area contributed by atoms with Gasteiger partial charge in [0.1, 0.15) is 18.6 Å². The molecule has 21 nitrogen and oxygen atoms in total. The van der Waals surface area contributed by atoms with Crippen LogP contribution in [0.1, 0.15) is 12.8 Å². The fraction of sp³-hybridized carbons (Fsp3) is 0.600. The van der Waals surface area contributed by atoms with Gasteiger partial charge in [0.2, 0.25) is 11.8 Å². The van der Waals surface area contributed by atoms with Gasteiger partial charge in [-0.1, -0.05) is 0 Å². The van der Waals surface area contributed by atoms with Gasteiger partial charge >= 0.3 is 200 Å². The molecule has 4 radical (unpaired) electrons. The molecule has 0 aliphatic carbocycles. The van der Waals surface area contributed by atoms with Crippen molar-refractivity contribution >= 4 is 63.5 Å². The number of carboxylic acid groups (broad SMARTS) is 2. The number of hydrogen-bond acceptors (Lipinski definition) is 18. The van der Waals surface area contributed by atoms with Gasteiger partial charge in [0.25, 0.3) is 0 Å². The largest absolute Gasteiger partial charge is 3.00 e. The average Bonchev–Trinajstić information content (AvgIpc) is 2.57. The van der Waals surface area contributed by atoms with Gasteiger partial charge in [-0.25, -0.2) is 0 Å². The zero-order valence-electron chi connectivity index (χ0n) is 18.0. The number of carboxylic acids is 2. The molecular formula is C10H17N3O18SSi3Yb4. The van der Waals surface area contributed by atoms with E-state index < -0.39 is 69.5 Å². The summed E-state index contributed by atoms with van der Waals surface area (Å²) in [5, 5.41) is 21.4. The predicted molar refractivity (Wildman–Crippen MR) is 88.5 cm³/mol. The third kappa shape index (κ3) is 85.8. The molecule has 0 fully saturated rings. The Morgan fingerprint density at radius 1 is 0.744 bits per heavy atom. The zero-order valence-corrected chi connectivity index (χ0v) is 28.8. The summed E-state index contributed by atoms with van der Waals surface area (Å²) in [6.45, 7) is -0.567. The maximum absolute atomic E-state index is 11.5. The number of carbonyl (C=O) groups excluding carboxylic acids is 2. The Morgan fingerprint density at radius 3 is 1.28 bits per heavy atom. The predicted octanol–water partition coefficient (Wildman–Crippen LogP) is -17.6. The van der Waals surface area contributed by atoms with Crippen LogP contribution in [0.25, 0.3) is 0 Å². The number of amides is 2. The molecule has 0 aromatic heterocycles. The van der Waals surface area contributed by atoms with E-state index in [1.807, 2.05) is 0 Å². The van der Waals surface area contributed by atoms with Crippen LogP contribution in [-0.4, -0.2) is 85.5 Å². The summed E-state index contributed by atoms with van der Waals surface area (Å²) in [5.41, 5.74) is 5.23. The molecule has 2 amide bonds. The summed E-state index contributed by atoms with van der Waals surface area (Å²) in [4.78, 5) is 147. The van der Waals surface area contributed by atoms with Crippen molar-refractivity contribution in [3.05, 3.63) is 0 Å². The topological polar surface area (TPSA) is 436 Å². The molecular weight excluding hydrogens is 1260 g/mol. The minimum absolute atomic E-state index is 0. The maximum Gasteiger partial charge on any atom is 3.00 e. The van der Waals surface area contributed by atoms with Crippen molar-refractivity contribution in [3.63, 3.8) is 0 Å². The third-order valence-electron chi connectivity index (χ3n) is 2.25. The van der Waals surface area contributed by atoms with Gasteiger partial charge in [-0.15, -0.1) is 0 Å². The summed E-state index contributed by atoms with van der Waals surface area (Å²) in [6.07, 6.45) is -0.235. The normalized spacial score (nSPS) is 11.3.